The number of hydrogen-bond acceptors (Lipinski definition) is 4. The molecule has 3 rings (SSSR count). The summed E-state index contributed by atoms with van der Waals surface area (Å²) in [7, 11) is 4.09. The molecule has 2 aliphatic rings. The number of benzene rings is 1. The molecule has 0 unspecified atom stereocenters. The highest BCUT2D eigenvalue weighted by molar-refractivity contribution is 5.94. The van der Waals surface area contributed by atoms with Gasteiger partial charge < -0.3 is 19.9 Å². The zero-order valence-electron chi connectivity index (χ0n) is 17.9. The van der Waals surface area contributed by atoms with E-state index in [1.54, 1.807) is 0 Å². The quantitative estimate of drug-likeness (QED) is 0.644. The zero-order chi connectivity index (χ0) is 20.6. The summed E-state index contributed by atoms with van der Waals surface area (Å²) in [5.41, 5.74) is 1.99. The highest BCUT2D eigenvalue weighted by atomic mass is 16.5. The van der Waals surface area contributed by atoms with Crippen LogP contribution in [0.4, 0.5) is 5.69 Å². The smallest absolute Gasteiger partial charge is 0.224 e. The number of ether oxygens (including phenoxy) is 1. The van der Waals surface area contributed by atoms with Crippen LogP contribution in [0.15, 0.2) is 18.2 Å². The normalized spacial score (nSPS) is 17.0. The Balaban J connectivity index is 1.32. The van der Waals surface area contributed by atoms with Crippen LogP contribution in [-0.4, -0.2) is 61.4 Å². The van der Waals surface area contributed by atoms with Gasteiger partial charge in [-0.25, -0.2) is 0 Å². The van der Waals surface area contributed by atoms with Gasteiger partial charge >= 0.3 is 0 Å². The molecule has 160 valence electrons. The largest absolute Gasteiger partial charge is 0.494 e. The molecule has 0 spiro atoms. The van der Waals surface area contributed by atoms with Crippen molar-refractivity contribution >= 4 is 17.5 Å². The predicted octanol–water partition coefficient (Wildman–Crippen LogP) is 3.45. The van der Waals surface area contributed by atoms with Gasteiger partial charge in [0.1, 0.15) is 5.75 Å². The minimum Gasteiger partial charge on any atom is -0.494 e. The fourth-order valence-electron chi connectivity index (χ4n) is 4.19. The molecule has 1 aromatic rings. The lowest BCUT2D eigenvalue weighted by Gasteiger charge is -2.32. The molecule has 1 N–H and O–H groups in total. The summed E-state index contributed by atoms with van der Waals surface area (Å²) in [4.78, 5) is 28.1. The predicted molar refractivity (Wildman–Crippen MR) is 115 cm³/mol. The molecule has 0 saturated heterocycles. The average Bonchev–Trinajstić information content (AvgIpc) is 2.75. The van der Waals surface area contributed by atoms with Crippen LogP contribution in [0.3, 0.4) is 0 Å². The van der Waals surface area contributed by atoms with Crippen molar-refractivity contribution in [2.75, 3.05) is 39.1 Å². The van der Waals surface area contributed by atoms with E-state index in [-0.39, 0.29) is 11.8 Å². The van der Waals surface area contributed by atoms with Crippen molar-refractivity contribution in [3.8, 4) is 5.75 Å². The Morgan fingerprint density at radius 3 is 2.72 bits per heavy atom. The van der Waals surface area contributed by atoms with E-state index in [9.17, 15) is 9.59 Å². The first-order valence-electron chi connectivity index (χ1n) is 11.0. The number of rotatable bonds is 9. The first-order chi connectivity index (χ1) is 14.0. The van der Waals surface area contributed by atoms with E-state index in [4.69, 9.17) is 4.74 Å². The molecule has 1 aromatic carbocycles. The summed E-state index contributed by atoms with van der Waals surface area (Å²) in [5, 5.41) is 2.87. The van der Waals surface area contributed by atoms with Crippen molar-refractivity contribution in [3.05, 3.63) is 23.8 Å². The molecular weight excluding hydrogens is 366 g/mol. The molecule has 0 bridgehead atoms. The molecule has 2 amide bonds. The topological polar surface area (TPSA) is 61.9 Å². The monoisotopic (exact) mass is 401 g/mol. The number of amides is 2. The number of fused-ring (bicyclic) bond motifs is 1. The number of hydrogen-bond donors (Lipinski definition) is 1. The van der Waals surface area contributed by atoms with Gasteiger partial charge in [-0.15, -0.1) is 0 Å². The van der Waals surface area contributed by atoms with Gasteiger partial charge in [0.2, 0.25) is 11.8 Å². The molecule has 1 saturated carbocycles. The summed E-state index contributed by atoms with van der Waals surface area (Å²) in [6, 6.07) is 6.44. The molecule has 6 heteroatoms. The van der Waals surface area contributed by atoms with Crippen molar-refractivity contribution in [2.24, 2.45) is 0 Å². The van der Waals surface area contributed by atoms with Gasteiger partial charge in [-0.05, 0) is 56.5 Å². The second-order valence-corrected chi connectivity index (χ2v) is 8.41. The van der Waals surface area contributed by atoms with Crippen LogP contribution in [0.2, 0.25) is 0 Å². The number of nitrogens with one attached hydrogen (secondary N) is 1. The van der Waals surface area contributed by atoms with Gasteiger partial charge in [0.25, 0.3) is 0 Å². The van der Waals surface area contributed by atoms with Crippen molar-refractivity contribution < 1.29 is 14.3 Å². The number of likely N-dealkylation sites (N-methyl/N-ethyl adjacent to an activating group) is 2. The Morgan fingerprint density at radius 1 is 1.14 bits per heavy atom. The second-order valence-electron chi connectivity index (χ2n) is 8.41. The SMILES string of the molecule is CN(CCN(C)C1CCCCC1)C(=O)CCCOc1ccc2c(c1)CCC(=O)N2. The lowest BCUT2D eigenvalue weighted by molar-refractivity contribution is -0.130. The standard InChI is InChI=1S/C23H35N3O3/c1-25(19-7-4-3-5-8-19)14-15-26(2)23(28)9-6-16-29-20-11-12-21-18(17-20)10-13-22(27)24-21/h11-12,17,19H,3-10,13-16H2,1-2H3,(H,24,27). The van der Waals surface area contributed by atoms with Crippen LogP contribution in [0.1, 0.15) is 56.9 Å². The molecular formula is C23H35N3O3. The molecule has 1 fully saturated rings. The van der Waals surface area contributed by atoms with Gasteiger partial charge in [0, 0.05) is 44.7 Å². The highest BCUT2D eigenvalue weighted by Crippen LogP contribution is 2.27. The highest BCUT2D eigenvalue weighted by Gasteiger charge is 2.19. The number of anilines is 1. The summed E-state index contributed by atoms with van der Waals surface area (Å²) in [5.74, 6) is 1.05. The third-order valence-corrected chi connectivity index (χ3v) is 6.19. The fraction of sp³-hybridized carbons (Fsp3) is 0.652. The van der Waals surface area contributed by atoms with Gasteiger partial charge in [0.05, 0.1) is 6.61 Å². The Kier molecular flexibility index (Phi) is 7.92. The van der Waals surface area contributed by atoms with Crippen LogP contribution in [-0.2, 0) is 16.0 Å². The fourth-order valence-corrected chi connectivity index (χ4v) is 4.19. The van der Waals surface area contributed by atoms with E-state index in [0.29, 0.717) is 31.9 Å². The molecule has 0 radical (unpaired) electrons. The molecule has 0 aromatic heterocycles. The van der Waals surface area contributed by atoms with Crippen molar-refractivity contribution in [1.82, 2.24) is 9.80 Å². The summed E-state index contributed by atoms with van der Waals surface area (Å²) in [6.45, 7) is 2.24. The van der Waals surface area contributed by atoms with E-state index in [0.717, 1.165) is 36.5 Å². The van der Waals surface area contributed by atoms with E-state index in [1.807, 2.05) is 30.1 Å². The van der Waals surface area contributed by atoms with E-state index < -0.39 is 0 Å². The molecule has 1 heterocycles. The Morgan fingerprint density at radius 2 is 1.93 bits per heavy atom. The zero-order valence-corrected chi connectivity index (χ0v) is 17.9. The third kappa shape index (κ3) is 6.46. The van der Waals surface area contributed by atoms with Crippen LogP contribution in [0, 0.1) is 0 Å². The van der Waals surface area contributed by atoms with E-state index >= 15 is 0 Å². The van der Waals surface area contributed by atoms with Gasteiger partial charge in [-0.1, -0.05) is 19.3 Å². The van der Waals surface area contributed by atoms with Crippen LogP contribution in [0.5, 0.6) is 5.75 Å². The minimum absolute atomic E-state index is 0.0683. The first-order valence-corrected chi connectivity index (χ1v) is 11.0. The average molecular weight is 402 g/mol. The maximum atomic E-state index is 12.4. The van der Waals surface area contributed by atoms with Crippen molar-refractivity contribution in [2.45, 2.75) is 63.8 Å². The van der Waals surface area contributed by atoms with Gasteiger partial charge in [-0.3, -0.25) is 9.59 Å². The van der Waals surface area contributed by atoms with Crippen molar-refractivity contribution in [3.63, 3.8) is 0 Å². The summed E-state index contributed by atoms with van der Waals surface area (Å²) >= 11 is 0. The Bertz CT molecular complexity index is 701. The Hall–Kier alpha value is -2.08. The molecule has 1 aliphatic heterocycles. The third-order valence-electron chi connectivity index (χ3n) is 6.19. The van der Waals surface area contributed by atoms with Crippen LogP contribution < -0.4 is 10.1 Å². The number of nitrogens with zero attached hydrogens (tertiary/aromatic N) is 2. The minimum atomic E-state index is 0.0683. The molecule has 6 nitrogen and oxygen atoms in total. The second kappa shape index (κ2) is 10.6. The van der Waals surface area contributed by atoms with Crippen LogP contribution in [0.25, 0.3) is 0 Å². The maximum Gasteiger partial charge on any atom is 0.224 e. The van der Waals surface area contributed by atoms with Gasteiger partial charge in [0.15, 0.2) is 0 Å². The van der Waals surface area contributed by atoms with Crippen molar-refractivity contribution in [1.29, 1.82) is 0 Å². The lowest BCUT2D eigenvalue weighted by Crippen LogP contribution is -2.40. The molecule has 0 atom stereocenters. The van der Waals surface area contributed by atoms with E-state index in [2.05, 4.69) is 17.3 Å². The summed E-state index contributed by atoms with van der Waals surface area (Å²) in [6.07, 6.45) is 9.10. The lowest BCUT2D eigenvalue weighted by atomic mass is 9.94. The number of aryl methyl sites for hydroxylation is 1. The number of carbonyl (C=O) groups is 2. The number of carbonyl (C=O) groups excluding carboxylic acids is 2. The van der Waals surface area contributed by atoms with Crippen LogP contribution >= 0.6 is 0 Å². The molecule has 29 heavy (non-hydrogen) atoms. The van der Waals surface area contributed by atoms with Gasteiger partial charge in [-0.2, -0.15) is 0 Å². The summed E-state index contributed by atoms with van der Waals surface area (Å²) < 4.78 is 5.81. The molecule has 1 aliphatic carbocycles. The van der Waals surface area contributed by atoms with E-state index in [1.165, 1.54) is 32.1 Å². The maximum absolute atomic E-state index is 12.4. The first kappa shape index (κ1) is 21.6. The Labute approximate surface area is 174 Å².